The van der Waals surface area contributed by atoms with Crippen LogP contribution >= 0.6 is 0 Å². The third-order valence-electron chi connectivity index (χ3n) is 3.38. The van der Waals surface area contributed by atoms with Crippen molar-refractivity contribution in [3.63, 3.8) is 0 Å². The fraction of sp³-hybridized carbons (Fsp3) is 0.167. The highest BCUT2D eigenvalue weighted by Crippen LogP contribution is 2.23. The molecule has 2 rings (SSSR count). The van der Waals surface area contributed by atoms with Crippen LogP contribution in [0.5, 0.6) is 5.75 Å². The number of nitrogens with two attached hydrogens (primary N) is 1. The minimum absolute atomic E-state index is 0.174. The zero-order valence-corrected chi connectivity index (χ0v) is 14.3. The van der Waals surface area contributed by atoms with Crippen LogP contribution in [0.4, 0.5) is 16.2 Å². The summed E-state index contributed by atoms with van der Waals surface area (Å²) in [6, 6.07) is 12.2. The van der Waals surface area contributed by atoms with E-state index in [0.29, 0.717) is 17.1 Å². The Balaban J connectivity index is 2.02. The number of benzene rings is 2. The Morgan fingerprint density at radius 2 is 1.77 bits per heavy atom. The number of hydrogen-bond acceptors (Lipinski definition) is 5. The molecule has 3 amide bonds. The molecule has 26 heavy (non-hydrogen) atoms. The van der Waals surface area contributed by atoms with Gasteiger partial charge in [0, 0.05) is 5.69 Å². The van der Waals surface area contributed by atoms with Crippen LogP contribution in [0, 0.1) is 0 Å². The van der Waals surface area contributed by atoms with Gasteiger partial charge < -0.3 is 25.8 Å². The second-order valence-electron chi connectivity index (χ2n) is 5.31. The standard InChI is InChI=1S/C18H19N3O5/c1-11(16(22)21-14-8-3-4-9-15(14)25-2)26-17(23)12-6-5-7-13(10-12)20-18(19)24/h3-11H,1-2H3,(H,21,22)(H3,19,20,24)/t11-/m0/s1. The number of amides is 3. The number of anilines is 2. The smallest absolute Gasteiger partial charge is 0.338 e. The van der Waals surface area contributed by atoms with E-state index >= 15 is 0 Å². The Morgan fingerprint density at radius 3 is 2.46 bits per heavy atom. The first-order chi connectivity index (χ1) is 12.4. The summed E-state index contributed by atoms with van der Waals surface area (Å²) in [7, 11) is 1.49. The van der Waals surface area contributed by atoms with Crippen molar-refractivity contribution in [2.24, 2.45) is 5.73 Å². The van der Waals surface area contributed by atoms with E-state index in [1.165, 1.54) is 26.2 Å². The number of methoxy groups -OCH3 is 1. The van der Waals surface area contributed by atoms with Crippen molar-refractivity contribution in [2.75, 3.05) is 17.7 Å². The summed E-state index contributed by atoms with van der Waals surface area (Å²) < 4.78 is 10.3. The molecule has 0 heterocycles. The average molecular weight is 357 g/mol. The first-order valence-corrected chi connectivity index (χ1v) is 7.72. The van der Waals surface area contributed by atoms with Gasteiger partial charge >= 0.3 is 12.0 Å². The fourth-order valence-electron chi connectivity index (χ4n) is 2.13. The molecule has 8 nitrogen and oxygen atoms in total. The van der Waals surface area contributed by atoms with E-state index in [9.17, 15) is 14.4 Å². The lowest BCUT2D eigenvalue weighted by molar-refractivity contribution is -0.123. The lowest BCUT2D eigenvalue weighted by atomic mass is 10.2. The van der Waals surface area contributed by atoms with Crippen LogP contribution in [-0.4, -0.2) is 31.1 Å². The lowest BCUT2D eigenvalue weighted by Gasteiger charge is -2.15. The largest absolute Gasteiger partial charge is 0.495 e. The van der Waals surface area contributed by atoms with Crippen molar-refractivity contribution in [1.82, 2.24) is 0 Å². The first-order valence-electron chi connectivity index (χ1n) is 7.72. The molecule has 0 aromatic heterocycles. The predicted octanol–water partition coefficient (Wildman–Crippen LogP) is 2.37. The fourth-order valence-corrected chi connectivity index (χ4v) is 2.13. The average Bonchev–Trinajstić information content (AvgIpc) is 2.61. The molecule has 0 aliphatic rings. The van der Waals surface area contributed by atoms with Crippen LogP contribution in [0.15, 0.2) is 48.5 Å². The number of esters is 1. The highest BCUT2D eigenvalue weighted by Gasteiger charge is 2.20. The second-order valence-corrected chi connectivity index (χ2v) is 5.31. The van der Waals surface area contributed by atoms with E-state index < -0.39 is 24.0 Å². The number of nitrogens with one attached hydrogen (secondary N) is 2. The van der Waals surface area contributed by atoms with Crippen molar-refractivity contribution >= 4 is 29.3 Å². The summed E-state index contributed by atoms with van der Waals surface area (Å²) in [5.41, 5.74) is 6.03. The number of carbonyl (C=O) groups is 3. The number of para-hydroxylation sites is 2. The van der Waals surface area contributed by atoms with Gasteiger partial charge in [-0.05, 0) is 37.3 Å². The molecule has 8 heteroatoms. The zero-order valence-electron chi connectivity index (χ0n) is 14.3. The van der Waals surface area contributed by atoms with Gasteiger partial charge in [-0.2, -0.15) is 0 Å². The first kappa shape index (κ1) is 18.8. The summed E-state index contributed by atoms with van der Waals surface area (Å²) in [5.74, 6) is -0.723. The molecular formula is C18H19N3O5. The van der Waals surface area contributed by atoms with Crippen LogP contribution < -0.4 is 21.1 Å². The molecule has 2 aromatic rings. The molecule has 0 fully saturated rings. The maximum atomic E-state index is 12.2. The number of carbonyl (C=O) groups excluding carboxylic acids is 3. The monoisotopic (exact) mass is 357 g/mol. The van der Waals surface area contributed by atoms with Gasteiger partial charge in [-0.3, -0.25) is 4.79 Å². The molecule has 2 aromatic carbocycles. The Kier molecular flexibility index (Phi) is 6.15. The lowest BCUT2D eigenvalue weighted by Crippen LogP contribution is -2.30. The van der Waals surface area contributed by atoms with Crippen molar-refractivity contribution in [2.45, 2.75) is 13.0 Å². The predicted molar refractivity (Wildman–Crippen MR) is 96.1 cm³/mol. The minimum atomic E-state index is -1.04. The van der Waals surface area contributed by atoms with Gasteiger partial charge in [0.15, 0.2) is 6.10 Å². The van der Waals surface area contributed by atoms with Crippen molar-refractivity contribution in [1.29, 1.82) is 0 Å². The maximum Gasteiger partial charge on any atom is 0.338 e. The quantitative estimate of drug-likeness (QED) is 0.686. The molecule has 0 spiro atoms. The second kappa shape index (κ2) is 8.52. The van der Waals surface area contributed by atoms with E-state index in [1.54, 1.807) is 36.4 Å². The Labute approximate surface area is 150 Å². The van der Waals surface area contributed by atoms with Crippen LogP contribution in [0.2, 0.25) is 0 Å². The SMILES string of the molecule is COc1ccccc1NC(=O)[C@H](C)OC(=O)c1cccc(NC(N)=O)c1. The molecule has 0 saturated heterocycles. The summed E-state index contributed by atoms with van der Waals surface area (Å²) in [6.07, 6.45) is -1.04. The number of rotatable bonds is 6. The maximum absolute atomic E-state index is 12.2. The third-order valence-corrected chi connectivity index (χ3v) is 3.38. The summed E-state index contributed by atoms with van der Waals surface area (Å²) in [4.78, 5) is 35.3. The number of hydrogen-bond donors (Lipinski definition) is 3. The van der Waals surface area contributed by atoms with Crippen LogP contribution in [0.1, 0.15) is 17.3 Å². The molecule has 4 N–H and O–H groups in total. The number of primary amides is 1. The third kappa shape index (κ3) is 4.97. The van der Waals surface area contributed by atoms with Gasteiger partial charge in [-0.15, -0.1) is 0 Å². The number of urea groups is 1. The van der Waals surface area contributed by atoms with Crippen molar-refractivity contribution in [3.05, 3.63) is 54.1 Å². The molecule has 0 unspecified atom stereocenters. The Hall–Kier alpha value is -3.55. The van der Waals surface area contributed by atoms with E-state index in [4.69, 9.17) is 15.2 Å². The van der Waals surface area contributed by atoms with Gasteiger partial charge in [0.1, 0.15) is 5.75 Å². The van der Waals surface area contributed by atoms with Crippen molar-refractivity contribution < 1.29 is 23.9 Å². The molecule has 0 saturated carbocycles. The van der Waals surface area contributed by atoms with E-state index in [-0.39, 0.29) is 5.56 Å². The van der Waals surface area contributed by atoms with Gasteiger partial charge in [0.25, 0.3) is 5.91 Å². The highest BCUT2D eigenvalue weighted by molar-refractivity contribution is 5.98. The molecule has 0 aliphatic heterocycles. The molecule has 0 radical (unpaired) electrons. The topological polar surface area (TPSA) is 120 Å². The zero-order chi connectivity index (χ0) is 19.1. The summed E-state index contributed by atoms with van der Waals surface area (Å²) in [5, 5.41) is 5.00. The molecule has 1 atom stereocenters. The molecule has 0 bridgehead atoms. The van der Waals surface area contributed by atoms with E-state index in [1.807, 2.05) is 0 Å². The number of ether oxygens (including phenoxy) is 2. The van der Waals surface area contributed by atoms with Gasteiger partial charge in [-0.25, -0.2) is 9.59 Å². The van der Waals surface area contributed by atoms with Crippen LogP contribution in [0.25, 0.3) is 0 Å². The Bertz CT molecular complexity index is 822. The molecular weight excluding hydrogens is 338 g/mol. The highest BCUT2D eigenvalue weighted by atomic mass is 16.5. The normalized spacial score (nSPS) is 11.2. The molecule has 0 aliphatic carbocycles. The summed E-state index contributed by atoms with van der Waals surface area (Å²) >= 11 is 0. The minimum Gasteiger partial charge on any atom is -0.495 e. The van der Waals surface area contributed by atoms with Gasteiger partial charge in [0.05, 0.1) is 18.4 Å². The van der Waals surface area contributed by atoms with Crippen LogP contribution in [0.3, 0.4) is 0 Å². The van der Waals surface area contributed by atoms with E-state index in [0.717, 1.165) is 0 Å². The van der Waals surface area contributed by atoms with Crippen LogP contribution in [-0.2, 0) is 9.53 Å². The van der Waals surface area contributed by atoms with Crippen molar-refractivity contribution in [3.8, 4) is 5.75 Å². The van der Waals surface area contributed by atoms with E-state index in [2.05, 4.69) is 10.6 Å². The molecule has 136 valence electrons. The Morgan fingerprint density at radius 1 is 1.04 bits per heavy atom. The van der Waals surface area contributed by atoms with Gasteiger partial charge in [0.2, 0.25) is 0 Å². The summed E-state index contributed by atoms with van der Waals surface area (Å²) in [6.45, 7) is 1.45. The van der Waals surface area contributed by atoms with Gasteiger partial charge in [-0.1, -0.05) is 18.2 Å².